The summed E-state index contributed by atoms with van der Waals surface area (Å²) in [5, 5.41) is 3.41. The molecule has 0 saturated carbocycles. The summed E-state index contributed by atoms with van der Waals surface area (Å²) < 4.78 is 10.8. The van der Waals surface area contributed by atoms with Gasteiger partial charge in [-0.3, -0.25) is 4.90 Å². The number of nitrogens with one attached hydrogen (secondary N) is 2. The number of imidazole rings is 1. The average Bonchev–Trinajstić information content (AvgIpc) is 3.26. The lowest BCUT2D eigenvalue weighted by atomic mass is 10.2. The first-order chi connectivity index (χ1) is 14.9. The van der Waals surface area contributed by atoms with Crippen molar-refractivity contribution >= 4 is 22.8 Å². The van der Waals surface area contributed by atoms with Crippen LogP contribution in [0.15, 0.2) is 24.7 Å². The lowest BCUT2D eigenvalue weighted by Gasteiger charge is -2.27. The second-order valence-electron chi connectivity index (χ2n) is 7.39. The Morgan fingerprint density at radius 2 is 1.77 bits per heavy atom. The first kappa shape index (κ1) is 19.2. The van der Waals surface area contributed by atoms with Gasteiger partial charge in [-0.1, -0.05) is 0 Å². The lowest BCUT2D eigenvalue weighted by Crippen LogP contribution is -2.39. The van der Waals surface area contributed by atoms with E-state index in [1.807, 2.05) is 18.3 Å². The molecule has 30 heavy (non-hydrogen) atoms. The van der Waals surface area contributed by atoms with Gasteiger partial charge in [0.2, 0.25) is 0 Å². The van der Waals surface area contributed by atoms with Crippen LogP contribution in [0.2, 0.25) is 0 Å². The highest BCUT2D eigenvalue weighted by Gasteiger charge is 2.15. The van der Waals surface area contributed by atoms with Crippen molar-refractivity contribution in [1.82, 2.24) is 29.8 Å². The normalized spacial score (nSPS) is 18.1. The van der Waals surface area contributed by atoms with E-state index in [9.17, 15) is 0 Å². The van der Waals surface area contributed by atoms with Gasteiger partial charge in [0.1, 0.15) is 23.5 Å². The minimum atomic E-state index is 0.645. The molecule has 0 unspecified atom stereocenters. The molecule has 0 radical (unpaired) electrons. The standard InChI is InChI=1S/C20H26N8O2/c1-2-16(28-7-11-30-12-8-28)22-13-15(1)18-25-17-19(23-14-24-20(17)26-18)21-3-4-27-5-9-29-10-6-27/h1-2,13-14H,3-12H2,(H2,21,23,24,25,26). The molecule has 2 aliphatic heterocycles. The maximum atomic E-state index is 5.41. The fourth-order valence-corrected chi connectivity index (χ4v) is 3.76. The van der Waals surface area contributed by atoms with Crippen molar-refractivity contribution in [2.24, 2.45) is 0 Å². The Hall–Kier alpha value is -2.82. The van der Waals surface area contributed by atoms with Crippen LogP contribution in [0.25, 0.3) is 22.6 Å². The van der Waals surface area contributed by atoms with Crippen LogP contribution in [0, 0.1) is 0 Å². The molecular formula is C20H26N8O2. The average molecular weight is 410 g/mol. The van der Waals surface area contributed by atoms with E-state index in [1.54, 1.807) is 6.33 Å². The molecule has 0 spiro atoms. The van der Waals surface area contributed by atoms with Crippen LogP contribution in [0.3, 0.4) is 0 Å². The highest BCUT2D eigenvalue weighted by Crippen LogP contribution is 2.24. The van der Waals surface area contributed by atoms with E-state index in [4.69, 9.17) is 9.47 Å². The first-order valence-electron chi connectivity index (χ1n) is 10.4. The van der Waals surface area contributed by atoms with Gasteiger partial charge in [-0.15, -0.1) is 0 Å². The van der Waals surface area contributed by atoms with Gasteiger partial charge in [-0.05, 0) is 12.1 Å². The van der Waals surface area contributed by atoms with Crippen LogP contribution in [-0.4, -0.2) is 95.5 Å². The molecule has 0 amide bonds. The summed E-state index contributed by atoms with van der Waals surface area (Å²) in [6.45, 7) is 8.53. The number of hydrogen-bond acceptors (Lipinski definition) is 9. The van der Waals surface area contributed by atoms with E-state index in [-0.39, 0.29) is 0 Å². The predicted octanol–water partition coefficient (Wildman–Crippen LogP) is 0.996. The van der Waals surface area contributed by atoms with Gasteiger partial charge >= 0.3 is 0 Å². The zero-order valence-corrected chi connectivity index (χ0v) is 16.9. The number of nitrogens with zero attached hydrogens (tertiary/aromatic N) is 6. The van der Waals surface area contributed by atoms with Crippen LogP contribution in [0.5, 0.6) is 0 Å². The van der Waals surface area contributed by atoms with Crippen molar-refractivity contribution in [2.75, 3.05) is 75.9 Å². The molecule has 3 aromatic heterocycles. The quantitative estimate of drug-likeness (QED) is 0.616. The molecule has 5 rings (SSSR count). The number of rotatable bonds is 6. The maximum Gasteiger partial charge on any atom is 0.183 e. The molecule has 2 saturated heterocycles. The number of aromatic amines is 1. The lowest BCUT2D eigenvalue weighted by molar-refractivity contribution is 0.0398. The monoisotopic (exact) mass is 410 g/mol. The van der Waals surface area contributed by atoms with Gasteiger partial charge in [0, 0.05) is 51.0 Å². The molecule has 0 bridgehead atoms. The van der Waals surface area contributed by atoms with E-state index in [0.717, 1.165) is 94.2 Å². The second-order valence-corrected chi connectivity index (χ2v) is 7.39. The Morgan fingerprint density at radius 3 is 2.53 bits per heavy atom. The van der Waals surface area contributed by atoms with E-state index >= 15 is 0 Å². The summed E-state index contributed by atoms with van der Waals surface area (Å²) >= 11 is 0. The van der Waals surface area contributed by atoms with Gasteiger partial charge in [-0.25, -0.2) is 19.9 Å². The Balaban J connectivity index is 1.29. The summed E-state index contributed by atoms with van der Waals surface area (Å²) in [7, 11) is 0. The van der Waals surface area contributed by atoms with Crippen molar-refractivity contribution in [3.8, 4) is 11.4 Å². The number of morpholine rings is 2. The highest BCUT2D eigenvalue weighted by molar-refractivity contribution is 5.85. The molecule has 2 aliphatic rings. The third-order valence-electron chi connectivity index (χ3n) is 5.47. The molecule has 10 heteroatoms. The molecule has 5 heterocycles. The first-order valence-corrected chi connectivity index (χ1v) is 10.4. The smallest absolute Gasteiger partial charge is 0.183 e. The Labute approximate surface area is 174 Å². The number of ether oxygens (including phenoxy) is 2. The van der Waals surface area contributed by atoms with Crippen molar-refractivity contribution in [2.45, 2.75) is 0 Å². The fourth-order valence-electron chi connectivity index (χ4n) is 3.76. The molecule has 0 aromatic carbocycles. The van der Waals surface area contributed by atoms with E-state index < -0.39 is 0 Å². The number of H-pyrrole nitrogens is 1. The molecule has 3 aromatic rings. The summed E-state index contributed by atoms with van der Waals surface area (Å²) in [6.07, 6.45) is 3.39. The Morgan fingerprint density at radius 1 is 0.967 bits per heavy atom. The van der Waals surface area contributed by atoms with E-state index in [0.29, 0.717) is 5.65 Å². The van der Waals surface area contributed by atoms with Crippen molar-refractivity contribution < 1.29 is 9.47 Å². The molecule has 2 N–H and O–H groups in total. The van der Waals surface area contributed by atoms with Gasteiger partial charge in [0.15, 0.2) is 11.5 Å². The molecular weight excluding hydrogens is 384 g/mol. The highest BCUT2D eigenvalue weighted by atomic mass is 16.5. The predicted molar refractivity (Wildman–Crippen MR) is 114 cm³/mol. The molecule has 0 atom stereocenters. The molecule has 10 nitrogen and oxygen atoms in total. The molecule has 0 aliphatic carbocycles. The molecule has 2 fully saturated rings. The third kappa shape index (κ3) is 4.20. The Kier molecular flexibility index (Phi) is 5.69. The van der Waals surface area contributed by atoms with Crippen LogP contribution in [-0.2, 0) is 9.47 Å². The molecule has 158 valence electrons. The number of hydrogen-bond donors (Lipinski definition) is 2. The van der Waals surface area contributed by atoms with Gasteiger partial charge in [0.05, 0.1) is 26.4 Å². The SMILES string of the molecule is c1nc(NCCN2CCOCC2)c2[nH]c(-c3ccc(N4CCOCC4)nc3)nc2n1. The number of anilines is 2. The van der Waals surface area contributed by atoms with Crippen LogP contribution in [0.1, 0.15) is 0 Å². The fraction of sp³-hybridized carbons (Fsp3) is 0.500. The number of fused-ring (bicyclic) bond motifs is 1. The van der Waals surface area contributed by atoms with Crippen molar-refractivity contribution in [3.63, 3.8) is 0 Å². The van der Waals surface area contributed by atoms with Crippen molar-refractivity contribution in [1.29, 1.82) is 0 Å². The third-order valence-corrected chi connectivity index (χ3v) is 5.47. The summed E-state index contributed by atoms with van der Waals surface area (Å²) in [6, 6.07) is 4.06. The minimum absolute atomic E-state index is 0.645. The van der Waals surface area contributed by atoms with Crippen molar-refractivity contribution in [3.05, 3.63) is 24.7 Å². The topological polar surface area (TPSA) is 104 Å². The van der Waals surface area contributed by atoms with Crippen LogP contribution in [0.4, 0.5) is 11.6 Å². The van der Waals surface area contributed by atoms with Gasteiger partial charge in [0.25, 0.3) is 0 Å². The summed E-state index contributed by atoms with van der Waals surface area (Å²) in [5.41, 5.74) is 2.38. The Bertz CT molecular complexity index is 965. The van der Waals surface area contributed by atoms with E-state index in [2.05, 4.69) is 40.0 Å². The van der Waals surface area contributed by atoms with Gasteiger partial charge in [-0.2, -0.15) is 0 Å². The van der Waals surface area contributed by atoms with Crippen LogP contribution < -0.4 is 10.2 Å². The van der Waals surface area contributed by atoms with Crippen LogP contribution >= 0.6 is 0 Å². The maximum absolute atomic E-state index is 5.41. The number of aromatic nitrogens is 5. The second kappa shape index (κ2) is 8.90. The zero-order chi connectivity index (χ0) is 20.2. The number of pyridine rings is 1. The zero-order valence-electron chi connectivity index (χ0n) is 16.9. The largest absolute Gasteiger partial charge is 0.379 e. The minimum Gasteiger partial charge on any atom is -0.379 e. The summed E-state index contributed by atoms with van der Waals surface area (Å²) in [4.78, 5) is 25.9. The van der Waals surface area contributed by atoms with E-state index in [1.165, 1.54) is 0 Å². The van der Waals surface area contributed by atoms with Gasteiger partial charge < -0.3 is 24.7 Å². The summed E-state index contributed by atoms with van der Waals surface area (Å²) in [5.74, 6) is 2.47.